The first-order chi connectivity index (χ1) is 10.2. The van der Waals surface area contributed by atoms with E-state index in [1.54, 1.807) is 19.2 Å². The van der Waals surface area contributed by atoms with Crippen molar-refractivity contribution in [2.45, 2.75) is 19.5 Å². The fraction of sp³-hybridized carbons (Fsp3) is 0.312. The molecule has 5 nitrogen and oxygen atoms in total. The number of ether oxygens (including phenoxy) is 2. The number of para-hydroxylation sites is 1. The zero-order valence-electron chi connectivity index (χ0n) is 12.4. The van der Waals surface area contributed by atoms with E-state index < -0.39 is 5.97 Å². The number of esters is 1. The second kappa shape index (κ2) is 6.95. The van der Waals surface area contributed by atoms with Gasteiger partial charge in [-0.3, -0.25) is 0 Å². The average molecular weight is 289 g/mol. The van der Waals surface area contributed by atoms with E-state index in [9.17, 15) is 4.79 Å². The molecule has 1 atom stereocenters. The Bertz CT molecular complexity index is 606. The summed E-state index contributed by atoms with van der Waals surface area (Å²) >= 11 is 0. The van der Waals surface area contributed by atoms with Gasteiger partial charge in [-0.15, -0.1) is 0 Å². The first-order valence-corrected chi connectivity index (χ1v) is 6.69. The van der Waals surface area contributed by atoms with Gasteiger partial charge in [0.05, 0.1) is 20.8 Å². The maximum Gasteiger partial charge on any atom is 0.373 e. The number of carbonyl (C=O) groups excluding carboxylic acids is 1. The van der Waals surface area contributed by atoms with Crippen LogP contribution in [0.3, 0.4) is 0 Å². The first-order valence-electron chi connectivity index (χ1n) is 6.69. The zero-order valence-corrected chi connectivity index (χ0v) is 12.4. The molecule has 0 saturated heterocycles. The lowest BCUT2D eigenvalue weighted by molar-refractivity contribution is 0.0563. The highest BCUT2D eigenvalue weighted by atomic mass is 16.5. The van der Waals surface area contributed by atoms with Gasteiger partial charge in [0.2, 0.25) is 5.76 Å². The summed E-state index contributed by atoms with van der Waals surface area (Å²) in [6.07, 6.45) is 0. The number of hydrogen-bond acceptors (Lipinski definition) is 5. The lowest BCUT2D eigenvalue weighted by Crippen LogP contribution is -2.18. The van der Waals surface area contributed by atoms with Gasteiger partial charge in [-0.05, 0) is 25.1 Å². The smallest absolute Gasteiger partial charge is 0.373 e. The van der Waals surface area contributed by atoms with Gasteiger partial charge in [-0.2, -0.15) is 0 Å². The monoisotopic (exact) mass is 289 g/mol. The molecule has 0 spiro atoms. The molecule has 0 aliphatic rings. The molecular formula is C16H19NO4. The van der Waals surface area contributed by atoms with E-state index in [0.717, 1.165) is 11.3 Å². The molecule has 5 heteroatoms. The molecule has 0 fully saturated rings. The average Bonchev–Trinajstić information content (AvgIpc) is 3.00. The number of benzene rings is 1. The molecule has 0 aliphatic carbocycles. The largest absolute Gasteiger partial charge is 0.496 e. The van der Waals surface area contributed by atoms with Crippen molar-refractivity contribution in [1.29, 1.82) is 0 Å². The number of carbonyl (C=O) groups is 1. The summed E-state index contributed by atoms with van der Waals surface area (Å²) < 4.78 is 15.4. The second-order valence-corrected chi connectivity index (χ2v) is 4.60. The van der Waals surface area contributed by atoms with Crippen LogP contribution in [0.5, 0.6) is 5.75 Å². The number of nitrogens with one attached hydrogen (secondary N) is 1. The van der Waals surface area contributed by atoms with E-state index >= 15 is 0 Å². The van der Waals surface area contributed by atoms with E-state index in [1.807, 2.05) is 31.2 Å². The van der Waals surface area contributed by atoms with E-state index in [4.69, 9.17) is 9.15 Å². The molecule has 21 heavy (non-hydrogen) atoms. The Labute approximate surface area is 123 Å². The van der Waals surface area contributed by atoms with Crippen molar-refractivity contribution < 1.29 is 18.7 Å². The number of rotatable bonds is 6. The van der Waals surface area contributed by atoms with Crippen LogP contribution in [0.2, 0.25) is 0 Å². The third-order valence-corrected chi connectivity index (χ3v) is 3.24. The molecule has 2 rings (SSSR count). The van der Waals surface area contributed by atoms with Crippen molar-refractivity contribution in [2.75, 3.05) is 14.2 Å². The second-order valence-electron chi connectivity index (χ2n) is 4.60. The van der Waals surface area contributed by atoms with Crippen LogP contribution in [0.1, 0.15) is 34.8 Å². The van der Waals surface area contributed by atoms with Crippen LogP contribution in [-0.4, -0.2) is 20.2 Å². The van der Waals surface area contributed by atoms with Gasteiger partial charge in [0, 0.05) is 11.6 Å². The van der Waals surface area contributed by atoms with Crippen molar-refractivity contribution in [3.05, 3.63) is 53.5 Å². The topological polar surface area (TPSA) is 60.7 Å². The molecule has 1 heterocycles. The molecule has 0 aliphatic heterocycles. The van der Waals surface area contributed by atoms with Crippen molar-refractivity contribution >= 4 is 5.97 Å². The molecule has 1 aromatic heterocycles. The lowest BCUT2D eigenvalue weighted by atomic mass is 10.1. The maximum absolute atomic E-state index is 11.3. The molecule has 2 aromatic rings. The van der Waals surface area contributed by atoms with Gasteiger partial charge < -0.3 is 19.2 Å². The molecule has 0 radical (unpaired) electrons. The molecule has 1 N–H and O–H groups in total. The molecule has 0 bridgehead atoms. The van der Waals surface area contributed by atoms with Crippen molar-refractivity contribution in [3.63, 3.8) is 0 Å². The van der Waals surface area contributed by atoms with Crippen LogP contribution < -0.4 is 10.1 Å². The fourth-order valence-corrected chi connectivity index (χ4v) is 2.07. The fourth-order valence-electron chi connectivity index (χ4n) is 2.07. The molecule has 0 amide bonds. The van der Waals surface area contributed by atoms with Gasteiger partial charge >= 0.3 is 5.97 Å². The van der Waals surface area contributed by atoms with E-state index in [-0.39, 0.29) is 11.8 Å². The van der Waals surface area contributed by atoms with Crippen molar-refractivity contribution in [2.24, 2.45) is 0 Å². The van der Waals surface area contributed by atoms with Gasteiger partial charge in [0.25, 0.3) is 0 Å². The highest BCUT2D eigenvalue weighted by molar-refractivity contribution is 5.86. The standard InChI is InChI=1S/C16H19NO4/c1-11(13-6-4-5-7-14(13)19-2)17-10-12-8-9-15(21-12)16(18)20-3/h4-9,11,17H,10H2,1-3H3/t11-/m0/s1. The van der Waals surface area contributed by atoms with Gasteiger partial charge in [-0.25, -0.2) is 4.79 Å². The minimum atomic E-state index is -0.473. The first kappa shape index (κ1) is 15.1. The van der Waals surface area contributed by atoms with E-state index in [2.05, 4.69) is 10.1 Å². The molecule has 112 valence electrons. The highest BCUT2D eigenvalue weighted by Gasteiger charge is 2.13. The van der Waals surface area contributed by atoms with Crippen LogP contribution in [0.4, 0.5) is 0 Å². The molecule has 0 unspecified atom stereocenters. The number of furan rings is 1. The SMILES string of the molecule is COC(=O)c1ccc(CN[C@@H](C)c2ccccc2OC)o1. The Morgan fingerprint density at radius 1 is 1.24 bits per heavy atom. The molecule has 0 saturated carbocycles. The van der Waals surface area contributed by atoms with Crippen LogP contribution in [0.15, 0.2) is 40.8 Å². The molecular weight excluding hydrogens is 270 g/mol. The summed E-state index contributed by atoms with van der Waals surface area (Å²) in [5.41, 5.74) is 1.07. The Kier molecular flexibility index (Phi) is 5.00. The Morgan fingerprint density at radius 2 is 2.00 bits per heavy atom. The van der Waals surface area contributed by atoms with E-state index in [1.165, 1.54) is 7.11 Å². The van der Waals surface area contributed by atoms with Gasteiger partial charge in [-0.1, -0.05) is 18.2 Å². The predicted molar refractivity (Wildman–Crippen MR) is 78.3 cm³/mol. The molecule has 1 aromatic carbocycles. The Balaban J connectivity index is 1.99. The van der Waals surface area contributed by atoms with Gasteiger partial charge in [0.15, 0.2) is 0 Å². The summed E-state index contributed by atoms with van der Waals surface area (Å²) in [6, 6.07) is 11.3. The van der Waals surface area contributed by atoms with Crippen molar-refractivity contribution in [1.82, 2.24) is 5.32 Å². The lowest BCUT2D eigenvalue weighted by Gasteiger charge is -2.16. The summed E-state index contributed by atoms with van der Waals surface area (Å²) in [4.78, 5) is 11.3. The maximum atomic E-state index is 11.3. The summed E-state index contributed by atoms with van der Waals surface area (Å²) in [7, 11) is 2.98. The van der Waals surface area contributed by atoms with Crippen LogP contribution >= 0.6 is 0 Å². The minimum Gasteiger partial charge on any atom is -0.496 e. The minimum absolute atomic E-state index is 0.0906. The third kappa shape index (κ3) is 3.64. The zero-order chi connectivity index (χ0) is 15.2. The van der Waals surface area contributed by atoms with Gasteiger partial charge in [0.1, 0.15) is 11.5 Å². The summed E-state index contributed by atoms with van der Waals surface area (Å²) in [6.45, 7) is 2.55. The quantitative estimate of drug-likeness (QED) is 0.828. The van der Waals surface area contributed by atoms with E-state index in [0.29, 0.717) is 12.3 Å². The van der Waals surface area contributed by atoms with Crippen molar-refractivity contribution in [3.8, 4) is 5.75 Å². The van der Waals surface area contributed by atoms with Crippen LogP contribution in [0.25, 0.3) is 0 Å². The number of hydrogen-bond donors (Lipinski definition) is 1. The Morgan fingerprint density at radius 3 is 2.71 bits per heavy atom. The van der Waals surface area contributed by atoms with Crippen LogP contribution in [-0.2, 0) is 11.3 Å². The highest BCUT2D eigenvalue weighted by Crippen LogP contribution is 2.24. The van der Waals surface area contributed by atoms with Crippen LogP contribution in [0, 0.1) is 0 Å². The Hall–Kier alpha value is -2.27. The predicted octanol–water partition coefficient (Wildman–Crippen LogP) is 2.93. The summed E-state index contributed by atoms with van der Waals surface area (Å²) in [5.74, 6) is 1.25. The normalized spacial score (nSPS) is 12.0. The summed E-state index contributed by atoms with van der Waals surface area (Å²) in [5, 5.41) is 3.33. The third-order valence-electron chi connectivity index (χ3n) is 3.24. The number of methoxy groups -OCH3 is 2.